The molecule has 0 fully saturated rings. The highest BCUT2D eigenvalue weighted by Crippen LogP contribution is 2.17. The van der Waals surface area contributed by atoms with Crippen LogP contribution in [0.15, 0.2) is 24.3 Å². The molecular formula is C16H24N2O3. The first-order valence-electron chi connectivity index (χ1n) is 7.19. The number of carbonyl (C=O) groups excluding carboxylic acids is 1. The molecule has 0 heterocycles. The van der Waals surface area contributed by atoms with Gasteiger partial charge in [-0.3, -0.25) is 4.79 Å². The summed E-state index contributed by atoms with van der Waals surface area (Å²) in [7, 11) is 0. The molecule has 0 aliphatic carbocycles. The third-order valence-corrected chi connectivity index (χ3v) is 3.35. The third kappa shape index (κ3) is 5.85. The molecule has 1 atom stereocenters. The minimum atomic E-state index is -0.921. The number of benzene rings is 1. The molecule has 5 nitrogen and oxygen atoms in total. The molecule has 5 heteroatoms. The van der Waals surface area contributed by atoms with Gasteiger partial charge in [-0.15, -0.1) is 0 Å². The average molecular weight is 292 g/mol. The van der Waals surface area contributed by atoms with Gasteiger partial charge in [0.05, 0.1) is 6.42 Å². The summed E-state index contributed by atoms with van der Waals surface area (Å²) in [5, 5.41) is 14.3. The fourth-order valence-electron chi connectivity index (χ4n) is 1.93. The summed E-state index contributed by atoms with van der Waals surface area (Å²) in [4.78, 5) is 22.7. The fraction of sp³-hybridized carbons (Fsp3) is 0.500. The molecule has 0 saturated carbocycles. The molecule has 1 rings (SSSR count). The van der Waals surface area contributed by atoms with Crippen LogP contribution in [0.5, 0.6) is 0 Å². The van der Waals surface area contributed by atoms with Crippen molar-refractivity contribution in [1.82, 2.24) is 5.32 Å². The minimum Gasteiger partial charge on any atom is -0.481 e. The van der Waals surface area contributed by atoms with Crippen LogP contribution >= 0.6 is 0 Å². The Morgan fingerprint density at radius 2 is 1.67 bits per heavy atom. The Kier molecular flexibility index (Phi) is 6.21. The number of anilines is 1. The molecule has 0 radical (unpaired) electrons. The van der Waals surface area contributed by atoms with E-state index in [1.54, 1.807) is 0 Å². The van der Waals surface area contributed by atoms with Crippen LogP contribution in [-0.2, 0) is 4.79 Å². The van der Waals surface area contributed by atoms with Crippen LogP contribution in [0.4, 0.5) is 10.5 Å². The number of hydrogen-bond acceptors (Lipinski definition) is 2. The number of rotatable bonds is 6. The van der Waals surface area contributed by atoms with Crippen molar-refractivity contribution in [3.05, 3.63) is 29.8 Å². The molecule has 21 heavy (non-hydrogen) atoms. The summed E-state index contributed by atoms with van der Waals surface area (Å²) < 4.78 is 0. The standard InChI is InChI=1S/C16H24N2O3/c1-10(2)12-5-7-13(8-6-12)17-16(21)18-14(11(3)4)9-15(19)20/h5-8,10-11,14H,9H2,1-4H3,(H,19,20)(H2,17,18,21). The molecular weight excluding hydrogens is 268 g/mol. The normalized spacial score (nSPS) is 12.3. The molecule has 0 saturated heterocycles. The lowest BCUT2D eigenvalue weighted by Crippen LogP contribution is -2.42. The van der Waals surface area contributed by atoms with E-state index in [2.05, 4.69) is 24.5 Å². The van der Waals surface area contributed by atoms with Crippen LogP contribution in [0.1, 0.15) is 45.6 Å². The molecule has 0 bridgehead atoms. The summed E-state index contributed by atoms with van der Waals surface area (Å²) in [5.74, 6) is -0.431. The summed E-state index contributed by atoms with van der Waals surface area (Å²) in [6.07, 6.45) is -0.0859. The van der Waals surface area contributed by atoms with Crippen LogP contribution < -0.4 is 10.6 Å². The number of carboxylic acids is 1. The molecule has 2 amide bonds. The van der Waals surface area contributed by atoms with Gasteiger partial charge in [0.15, 0.2) is 0 Å². The number of carboxylic acid groups (broad SMARTS) is 1. The van der Waals surface area contributed by atoms with Gasteiger partial charge in [0.2, 0.25) is 0 Å². The van der Waals surface area contributed by atoms with Gasteiger partial charge < -0.3 is 15.7 Å². The number of carbonyl (C=O) groups is 2. The van der Waals surface area contributed by atoms with Gasteiger partial charge in [0, 0.05) is 11.7 Å². The van der Waals surface area contributed by atoms with Crippen molar-refractivity contribution in [2.45, 2.75) is 46.1 Å². The first-order valence-corrected chi connectivity index (χ1v) is 7.19. The molecule has 0 aliphatic heterocycles. The van der Waals surface area contributed by atoms with E-state index in [1.807, 2.05) is 38.1 Å². The molecule has 0 aromatic heterocycles. The predicted molar refractivity (Wildman–Crippen MR) is 83.6 cm³/mol. The summed E-state index contributed by atoms with van der Waals surface area (Å²) in [6, 6.07) is 6.85. The van der Waals surface area contributed by atoms with Crippen molar-refractivity contribution in [3.63, 3.8) is 0 Å². The van der Waals surface area contributed by atoms with E-state index in [4.69, 9.17) is 5.11 Å². The van der Waals surface area contributed by atoms with E-state index >= 15 is 0 Å². The highest BCUT2D eigenvalue weighted by molar-refractivity contribution is 5.89. The maximum absolute atomic E-state index is 11.9. The number of aliphatic carboxylic acids is 1. The quantitative estimate of drug-likeness (QED) is 0.751. The van der Waals surface area contributed by atoms with Crippen LogP contribution in [0.25, 0.3) is 0 Å². The molecule has 1 aromatic rings. The van der Waals surface area contributed by atoms with Crippen LogP contribution in [0.3, 0.4) is 0 Å². The zero-order chi connectivity index (χ0) is 16.0. The van der Waals surface area contributed by atoms with Crippen molar-refractivity contribution < 1.29 is 14.7 Å². The molecule has 1 unspecified atom stereocenters. The zero-order valence-electron chi connectivity index (χ0n) is 13.0. The maximum Gasteiger partial charge on any atom is 0.319 e. The predicted octanol–water partition coefficient (Wildman–Crippen LogP) is 3.43. The number of nitrogens with one attached hydrogen (secondary N) is 2. The van der Waals surface area contributed by atoms with Gasteiger partial charge in [-0.1, -0.05) is 39.8 Å². The highest BCUT2D eigenvalue weighted by Gasteiger charge is 2.19. The smallest absolute Gasteiger partial charge is 0.319 e. The SMILES string of the molecule is CC(C)c1ccc(NC(=O)NC(CC(=O)O)C(C)C)cc1. The van der Waals surface area contributed by atoms with Crippen molar-refractivity contribution in [2.24, 2.45) is 5.92 Å². The average Bonchev–Trinajstić information content (AvgIpc) is 2.37. The van der Waals surface area contributed by atoms with Gasteiger partial charge in [-0.25, -0.2) is 4.79 Å². The van der Waals surface area contributed by atoms with E-state index in [9.17, 15) is 9.59 Å². The fourth-order valence-corrected chi connectivity index (χ4v) is 1.93. The van der Waals surface area contributed by atoms with E-state index in [0.717, 1.165) is 0 Å². The van der Waals surface area contributed by atoms with Gasteiger partial charge in [0.25, 0.3) is 0 Å². The van der Waals surface area contributed by atoms with E-state index in [0.29, 0.717) is 11.6 Å². The maximum atomic E-state index is 11.9. The van der Waals surface area contributed by atoms with Gasteiger partial charge in [-0.2, -0.15) is 0 Å². The van der Waals surface area contributed by atoms with Crippen LogP contribution in [0, 0.1) is 5.92 Å². The first-order chi connectivity index (χ1) is 9.79. The second-order valence-corrected chi connectivity index (χ2v) is 5.82. The monoisotopic (exact) mass is 292 g/mol. The lowest BCUT2D eigenvalue weighted by molar-refractivity contribution is -0.137. The molecule has 0 spiro atoms. The lowest BCUT2D eigenvalue weighted by Gasteiger charge is -2.21. The summed E-state index contributed by atoms with van der Waals surface area (Å²) >= 11 is 0. The van der Waals surface area contributed by atoms with Crippen molar-refractivity contribution in [2.75, 3.05) is 5.32 Å². The topological polar surface area (TPSA) is 78.4 Å². The molecule has 116 valence electrons. The second-order valence-electron chi connectivity index (χ2n) is 5.82. The van der Waals surface area contributed by atoms with Crippen LogP contribution in [0.2, 0.25) is 0 Å². The van der Waals surface area contributed by atoms with Gasteiger partial charge >= 0.3 is 12.0 Å². The lowest BCUT2D eigenvalue weighted by atomic mass is 10.0. The Bertz CT molecular complexity index is 481. The van der Waals surface area contributed by atoms with Crippen molar-refractivity contribution >= 4 is 17.7 Å². The van der Waals surface area contributed by atoms with Crippen LogP contribution in [-0.4, -0.2) is 23.1 Å². The Hall–Kier alpha value is -2.04. The van der Waals surface area contributed by atoms with Crippen molar-refractivity contribution in [3.8, 4) is 0 Å². The first kappa shape index (κ1) is 17.0. The third-order valence-electron chi connectivity index (χ3n) is 3.35. The second kappa shape index (κ2) is 7.67. The molecule has 3 N–H and O–H groups in total. The van der Waals surface area contributed by atoms with Crippen molar-refractivity contribution in [1.29, 1.82) is 0 Å². The van der Waals surface area contributed by atoms with E-state index < -0.39 is 12.0 Å². The number of amides is 2. The molecule has 1 aromatic carbocycles. The Balaban J connectivity index is 2.61. The van der Waals surface area contributed by atoms with Gasteiger partial charge in [0.1, 0.15) is 0 Å². The Labute approximate surface area is 125 Å². The number of urea groups is 1. The largest absolute Gasteiger partial charge is 0.481 e. The minimum absolute atomic E-state index is 0.0511. The van der Waals surface area contributed by atoms with E-state index in [1.165, 1.54) is 5.56 Å². The summed E-state index contributed by atoms with van der Waals surface area (Å²) in [6.45, 7) is 7.97. The molecule has 0 aliphatic rings. The van der Waals surface area contributed by atoms with Gasteiger partial charge in [-0.05, 0) is 29.5 Å². The Morgan fingerprint density at radius 3 is 2.10 bits per heavy atom. The van der Waals surface area contributed by atoms with E-state index in [-0.39, 0.29) is 18.4 Å². The number of hydrogen-bond donors (Lipinski definition) is 3. The Morgan fingerprint density at radius 1 is 1.10 bits per heavy atom. The summed E-state index contributed by atoms with van der Waals surface area (Å²) in [5.41, 5.74) is 1.89. The highest BCUT2D eigenvalue weighted by atomic mass is 16.4. The zero-order valence-corrected chi connectivity index (χ0v) is 13.0.